The summed E-state index contributed by atoms with van der Waals surface area (Å²) in [6, 6.07) is 1.23. The number of aromatic nitrogens is 1. The van der Waals surface area contributed by atoms with Gasteiger partial charge in [0.2, 0.25) is 5.88 Å². The van der Waals surface area contributed by atoms with E-state index in [0.29, 0.717) is 0 Å². The minimum atomic E-state index is -2.78. The Labute approximate surface area is 103 Å². The van der Waals surface area contributed by atoms with Gasteiger partial charge in [-0.05, 0) is 18.6 Å². The van der Waals surface area contributed by atoms with Crippen molar-refractivity contribution in [1.29, 1.82) is 0 Å². The Kier molecular flexibility index (Phi) is 4.96. The van der Waals surface area contributed by atoms with Crippen LogP contribution in [0.2, 0.25) is 0 Å². The maximum atomic E-state index is 12.7. The topological polar surface area (TPSA) is 74.4 Å². The van der Waals surface area contributed by atoms with Crippen molar-refractivity contribution in [3.8, 4) is 5.88 Å². The average molecular weight is 260 g/mol. The number of pyridine rings is 1. The van der Waals surface area contributed by atoms with Crippen molar-refractivity contribution in [2.75, 3.05) is 13.7 Å². The lowest BCUT2D eigenvalue weighted by atomic mass is 10.1. The van der Waals surface area contributed by atoms with Crippen molar-refractivity contribution in [3.05, 3.63) is 22.9 Å². The van der Waals surface area contributed by atoms with Crippen LogP contribution in [-0.2, 0) is 11.3 Å². The van der Waals surface area contributed by atoms with Crippen molar-refractivity contribution < 1.29 is 23.0 Å². The van der Waals surface area contributed by atoms with Crippen LogP contribution in [0.1, 0.15) is 35.0 Å². The lowest BCUT2D eigenvalue weighted by molar-refractivity contribution is 0.0520. The Morgan fingerprint density at radius 1 is 1.56 bits per heavy atom. The first-order valence-electron chi connectivity index (χ1n) is 5.28. The van der Waals surface area contributed by atoms with Gasteiger partial charge in [-0.2, -0.15) is 0 Å². The Morgan fingerprint density at radius 3 is 2.67 bits per heavy atom. The van der Waals surface area contributed by atoms with E-state index in [1.54, 1.807) is 6.92 Å². The fourth-order valence-electron chi connectivity index (χ4n) is 1.41. The third-order valence-electron chi connectivity index (χ3n) is 2.22. The van der Waals surface area contributed by atoms with Gasteiger partial charge in [-0.3, -0.25) is 0 Å². The zero-order chi connectivity index (χ0) is 13.7. The molecule has 0 aliphatic heterocycles. The monoisotopic (exact) mass is 260 g/mol. The Balaban J connectivity index is 3.30. The zero-order valence-corrected chi connectivity index (χ0v) is 10.1. The van der Waals surface area contributed by atoms with E-state index in [4.69, 9.17) is 15.2 Å². The number of hydrogen-bond acceptors (Lipinski definition) is 5. The molecule has 1 heterocycles. The van der Waals surface area contributed by atoms with Crippen molar-refractivity contribution in [2.24, 2.45) is 5.73 Å². The van der Waals surface area contributed by atoms with Crippen molar-refractivity contribution in [1.82, 2.24) is 4.98 Å². The van der Waals surface area contributed by atoms with Crippen molar-refractivity contribution in [3.63, 3.8) is 0 Å². The minimum absolute atomic E-state index is 0.0100. The molecule has 0 saturated carbocycles. The normalized spacial score (nSPS) is 10.6. The fourth-order valence-corrected chi connectivity index (χ4v) is 1.41. The molecule has 0 atom stereocenters. The molecule has 1 rings (SSSR count). The fraction of sp³-hybridized carbons (Fsp3) is 0.455. The predicted molar refractivity (Wildman–Crippen MR) is 59.6 cm³/mol. The van der Waals surface area contributed by atoms with E-state index in [0.717, 1.165) is 0 Å². The second-order valence-corrected chi connectivity index (χ2v) is 3.31. The molecule has 2 N–H and O–H groups in total. The molecule has 0 radical (unpaired) electrons. The zero-order valence-electron chi connectivity index (χ0n) is 10.1. The molecule has 0 saturated heterocycles. The summed E-state index contributed by atoms with van der Waals surface area (Å²) in [6.07, 6.45) is -2.78. The molecule has 5 nitrogen and oxygen atoms in total. The van der Waals surface area contributed by atoms with E-state index in [-0.39, 0.29) is 30.2 Å². The maximum absolute atomic E-state index is 12.7. The van der Waals surface area contributed by atoms with Gasteiger partial charge in [0.05, 0.1) is 13.7 Å². The highest BCUT2D eigenvalue weighted by Crippen LogP contribution is 2.27. The van der Waals surface area contributed by atoms with Crippen LogP contribution in [0.4, 0.5) is 8.78 Å². The number of nitrogens with zero attached hydrogens (tertiary/aromatic N) is 1. The molecule has 18 heavy (non-hydrogen) atoms. The van der Waals surface area contributed by atoms with Gasteiger partial charge in [-0.25, -0.2) is 18.6 Å². The Morgan fingerprint density at radius 2 is 2.22 bits per heavy atom. The molecule has 100 valence electrons. The summed E-state index contributed by atoms with van der Waals surface area (Å²) < 4.78 is 35.0. The largest absolute Gasteiger partial charge is 0.480 e. The van der Waals surface area contributed by atoms with Crippen LogP contribution in [0.25, 0.3) is 0 Å². The number of hydrogen-bond donors (Lipinski definition) is 1. The molecular formula is C11H14F2N2O3. The third kappa shape index (κ3) is 2.92. The van der Waals surface area contributed by atoms with E-state index in [2.05, 4.69) is 4.98 Å². The molecule has 0 aliphatic carbocycles. The highest BCUT2D eigenvalue weighted by atomic mass is 19.3. The maximum Gasteiger partial charge on any atom is 0.343 e. The van der Waals surface area contributed by atoms with Gasteiger partial charge in [0.1, 0.15) is 11.3 Å². The molecule has 0 aliphatic rings. The molecule has 0 spiro atoms. The average Bonchev–Trinajstić information content (AvgIpc) is 2.37. The molecule has 7 heteroatoms. The van der Waals surface area contributed by atoms with Crippen molar-refractivity contribution >= 4 is 5.97 Å². The van der Waals surface area contributed by atoms with Crippen LogP contribution in [0.5, 0.6) is 5.88 Å². The molecule has 1 aromatic rings. The third-order valence-corrected chi connectivity index (χ3v) is 2.22. The van der Waals surface area contributed by atoms with Gasteiger partial charge >= 0.3 is 5.97 Å². The van der Waals surface area contributed by atoms with Gasteiger partial charge < -0.3 is 15.2 Å². The molecule has 0 aromatic carbocycles. The molecule has 0 unspecified atom stereocenters. The first kappa shape index (κ1) is 14.3. The predicted octanol–water partition coefficient (Wildman–Crippen LogP) is 1.66. The number of nitrogens with two attached hydrogens (primary N) is 1. The summed E-state index contributed by atoms with van der Waals surface area (Å²) in [5, 5.41) is 0. The van der Waals surface area contributed by atoms with Gasteiger partial charge in [0.15, 0.2) is 0 Å². The van der Waals surface area contributed by atoms with E-state index in [1.807, 2.05) is 0 Å². The second kappa shape index (κ2) is 6.25. The summed E-state index contributed by atoms with van der Waals surface area (Å²) in [4.78, 5) is 15.2. The summed E-state index contributed by atoms with van der Waals surface area (Å²) in [7, 11) is 1.24. The highest BCUT2D eigenvalue weighted by Gasteiger charge is 2.22. The van der Waals surface area contributed by atoms with Gasteiger partial charge in [-0.15, -0.1) is 0 Å². The number of rotatable bonds is 5. The number of alkyl halides is 2. The first-order chi connectivity index (χ1) is 8.54. The smallest absolute Gasteiger partial charge is 0.343 e. The molecule has 0 fully saturated rings. The number of carbonyl (C=O) groups excluding carboxylic acids is 1. The lowest BCUT2D eigenvalue weighted by Gasteiger charge is -2.12. The number of halogens is 2. The van der Waals surface area contributed by atoms with Crippen LogP contribution in [0, 0.1) is 0 Å². The lowest BCUT2D eigenvalue weighted by Crippen LogP contribution is -2.13. The van der Waals surface area contributed by atoms with Crippen LogP contribution in [-0.4, -0.2) is 24.7 Å². The van der Waals surface area contributed by atoms with E-state index < -0.39 is 18.1 Å². The SMILES string of the molecule is CCOC(=O)c1cc(CN)c(C(F)F)nc1OC. The van der Waals surface area contributed by atoms with E-state index in [9.17, 15) is 13.6 Å². The number of esters is 1. The molecular weight excluding hydrogens is 246 g/mol. The summed E-state index contributed by atoms with van der Waals surface area (Å²) in [6.45, 7) is 1.65. The van der Waals surface area contributed by atoms with Crippen LogP contribution in [0.15, 0.2) is 6.07 Å². The van der Waals surface area contributed by atoms with Gasteiger partial charge in [0.25, 0.3) is 6.43 Å². The number of methoxy groups -OCH3 is 1. The molecule has 0 amide bonds. The van der Waals surface area contributed by atoms with Gasteiger partial charge in [0, 0.05) is 6.54 Å². The van der Waals surface area contributed by atoms with Crippen LogP contribution in [0.3, 0.4) is 0 Å². The van der Waals surface area contributed by atoms with Crippen LogP contribution < -0.4 is 10.5 Å². The van der Waals surface area contributed by atoms with Crippen LogP contribution >= 0.6 is 0 Å². The minimum Gasteiger partial charge on any atom is -0.480 e. The molecule has 0 bridgehead atoms. The Hall–Kier alpha value is -1.76. The standard InChI is InChI=1S/C11H14F2N2O3/c1-3-18-11(16)7-4-6(5-14)8(9(12)13)15-10(7)17-2/h4,9H,3,5,14H2,1-2H3. The second-order valence-electron chi connectivity index (χ2n) is 3.31. The highest BCUT2D eigenvalue weighted by molar-refractivity contribution is 5.92. The van der Waals surface area contributed by atoms with E-state index >= 15 is 0 Å². The Bertz CT molecular complexity index is 439. The van der Waals surface area contributed by atoms with E-state index in [1.165, 1.54) is 13.2 Å². The van der Waals surface area contributed by atoms with Crippen molar-refractivity contribution in [2.45, 2.75) is 19.9 Å². The summed E-state index contributed by atoms with van der Waals surface area (Å²) in [5.41, 5.74) is 4.95. The number of carbonyl (C=O) groups is 1. The first-order valence-corrected chi connectivity index (χ1v) is 5.28. The summed E-state index contributed by atoms with van der Waals surface area (Å²) in [5.74, 6) is -0.877. The molecule has 1 aromatic heterocycles. The quantitative estimate of drug-likeness (QED) is 0.815. The summed E-state index contributed by atoms with van der Waals surface area (Å²) >= 11 is 0. The number of ether oxygens (including phenoxy) is 2. The van der Waals surface area contributed by atoms with Gasteiger partial charge in [-0.1, -0.05) is 0 Å².